The second kappa shape index (κ2) is 4.73. The van der Waals surface area contributed by atoms with Gasteiger partial charge in [0.2, 0.25) is 0 Å². The third kappa shape index (κ3) is 4.39. The van der Waals surface area contributed by atoms with Crippen LogP contribution in [0.2, 0.25) is 0 Å². The van der Waals surface area contributed by atoms with E-state index in [4.69, 9.17) is 14.6 Å². The number of hydrogen-bond donors (Lipinski definition) is 1. The Hall–Kier alpha value is -0.120. The zero-order valence-electron chi connectivity index (χ0n) is 6.13. The molecule has 1 N–H and O–H groups in total. The lowest BCUT2D eigenvalue weighted by Gasteiger charge is -2.13. The Balaban J connectivity index is 3.31. The van der Waals surface area contributed by atoms with Crippen LogP contribution in [0.25, 0.3) is 0 Å². The molecule has 56 valence electrons. The monoisotopic (exact) mass is 134 g/mol. The third-order valence-electron chi connectivity index (χ3n) is 1.06. The van der Waals surface area contributed by atoms with E-state index in [0.29, 0.717) is 6.42 Å². The fourth-order valence-corrected chi connectivity index (χ4v) is 0.567. The summed E-state index contributed by atoms with van der Waals surface area (Å²) in [6.45, 7) is 1.70. The zero-order valence-corrected chi connectivity index (χ0v) is 6.13. The van der Waals surface area contributed by atoms with E-state index in [9.17, 15) is 0 Å². The summed E-state index contributed by atoms with van der Waals surface area (Å²) in [5.74, 6) is 0. The molecule has 0 saturated heterocycles. The fraction of sp³-hybridized carbons (Fsp3) is 1.00. The van der Waals surface area contributed by atoms with Crippen molar-refractivity contribution in [1.82, 2.24) is 0 Å². The predicted octanol–water partition coefficient (Wildman–Crippen LogP) is 0.376. The normalized spacial score (nSPS) is 14.3. The van der Waals surface area contributed by atoms with Gasteiger partial charge in [0.25, 0.3) is 0 Å². The van der Waals surface area contributed by atoms with Crippen molar-refractivity contribution in [2.75, 3.05) is 14.2 Å². The molecule has 3 heteroatoms. The van der Waals surface area contributed by atoms with Gasteiger partial charge in [-0.25, -0.2) is 0 Å². The highest BCUT2D eigenvalue weighted by atomic mass is 16.7. The Bertz CT molecular complexity index is 59.3. The second-order valence-electron chi connectivity index (χ2n) is 1.99. The highest BCUT2D eigenvalue weighted by molar-refractivity contribution is 4.49. The van der Waals surface area contributed by atoms with E-state index < -0.39 is 0 Å². The summed E-state index contributed by atoms with van der Waals surface area (Å²) in [7, 11) is 3.10. The van der Waals surface area contributed by atoms with Crippen LogP contribution >= 0.6 is 0 Å². The Labute approximate surface area is 55.6 Å². The SMILES string of the molecule is COC(C[C@@H](C)O)OC. The van der Waals surface area contributed by atoms with E-state index in [1.165, 1.54) is 0 Å². The van der Waals surface area contributed by atoms with Crippen molar-refractivity contribution in [3.8, 4) is 0 Å². The Morgan fingerprint density at radius 2 is 1.78 bits per heavy atom. The molecule has 0 aromatic carbocycles. The molecule has 3 nitrogen and oxygen atoms in total. The fourth-order valence-electron chi connectivity index (χ4n) is 0.567. The van der Waals surface area contributed by atoms with Gasteiger partial charge in [0.05, 0.1) is 6.10 Å². The molecule has 0 amide bonds. The van der Waals surface area contributed by atoms with Crippen LogP contribution in [0.4, 0.5) is 0 Å². The molecule has 0 aliphatic carbocycles. The standard InChI is InChI=1S/C6H14O3/c1-5(7)4-6(8-2)9-3/h5-7H,4H2,1-3H3/t5-/m1/s1. The number of methoxy groups -OCH3 is 2. The zero-order chi connectivity index (χ0) is 7.28. The lowest BCUT2D eigenvalue weighted by Crippen LogP contribution is -2.18. The maximum atomic E-state index is 8.82. The number of hydrogen-bond acceptors (Lipinski definition) is 3. The number of aliphatic hydroxyl groups excluding tert-OH is 1. The largest absolute Gasteiger partial charge is 0.393 e. The van der Waals surface area contributed by atoms with Crippen molar-refractivity contribution in [2.24, 2.45) is 0 Å². The van der Waals surface area contributed by atoms with Crippen molar-refractivity contribution in [1.29, 1.82) is 0 Å². The van der Waals surface area contributed by atoms with E-state index in [1.807, 2.05) is 0 Å². The topological polar surface area (TPSA) is 38.7 Å². The van der Waals surface area contributed by atoms with Gasteiger partial charge in [-0.15, -0.1) is 0 Å². The Morgan fingerprint density at radius 1 is 1.33 bits per heavy atom. The molecule has 0 aliphatic rings. The Kier molecular flexibility index (Phi) is 4.67. The van der Waals surface area contributed by atoms with Crippen LogP contribution < -0.4 is 0 Å². The van der Waals surface area contributed by atoms with Crippen molar-refractivity contribution < 1.29 is 14.6 Å². The van der Waals surface area contributed by atoms with Gasteiger partial charge in [0, 0.05) is 20.6 Å². The van der Waals surface area contributed by atoms with Gasteiger partial charge in [-0.05, 0) is 6.92 Å². The summed E-state index contributed by atoms with van der Waals surface area (Å²) >= 11 is 0. The van der Waals surface area contributed by atoms with Gasteiger partial charge >= 0.3 is 0 Å². The van der Waals surface area contributed by atoms with Crippen LogP contribution in [-0.2, 0) is 9.47 Å². The predicted molar refractivity (Wildman–Crippen MR) is 34.1 cm³/mol. The van der Waals surface area contributed by atoms with Crippen molar-refractivity contribution in [3.05, 3.63) is 0 Å². The first-order chi connectivity index (χ1) is 4.20. The van der Waals surface area contributed by atoms with Crippen LogP contribution in [0, 0.1) is 0 Å². The average Bonchev–Trinajstić information content (AvgIpc) is 1.82. The molecule has 0 spiro atoms. The number of aliphatic hydroxyl groups is 1. The molecule has 0 saturated carbocycles. The van der Waals surface area contributed by atoms with Crippen LogP contribution in [0.1, 0.15) is 13.3 Å². The minimum atomic E-state index is -0.366. The van der Waals surface area contributed by atoms with Gasteiger partial charge in [0.15, 0.2) is 6.29 Å². The smallest absolute Gasteiger partial charge is 0.159 e. The van der Waals surface area contributed by atoms with Crippen LogP contribution in [0.15, 0.2) is 0 Å². The van der Waals surface area contributed by atoms with Crippen molar-refractivity contribution in [3.63, 3.8) is 0 Å². The molecule has 0 heterocycles. The molecule has 0 aromatic heterocycles. The molecule has 0 rings (SSSR count). The third-order valence-corrected chi connectivity index (χ3v) is 1.06. The lowest BCUT2D eigenvalue weighted by molar-refractivity contribution is -0.120. The molecule has 0 bridgehead atoms. The Morgan fingerprint density at radius 3 is 1.89 bits per heavy atom. The maximum Gasteiger partial charge on any atom is 0.159 e. The van der Waals surface area contributed by atoms with E-state index >= 15 is 0 Å². The molecule has 0 fully saturated rings. The van der Waals surface area contributed by atoms with E-state index in [0.717, 1.165) is 0 Å². The first-order valence-electron chi connectivity index (χ1n) is 2.94. The van der Waals surface area contributed by atoms with Crippen molar-refractivity contribution >= 4 is 0 Å². The molecule has 0 unspecified atom stereocenters. The average molecular weight is 134 g/mol. The molecule has 1 atom stereocenters. The molecule has 0 aromatic rings. The molecule has 0 aliphatic heterocycles. The van der Waals surface area contributed by atoms with Crippen LogP contribution in [-0.4, -0.2) is 31.7 Å². The van der Waals surface area contributed by atoms with Gasteiger partial charge in [-0.3, -0.25) is 0 Å². The number of ether oxygens (including phenoxy) is 2. The minimum Gasteiger partial charge on any atom is -0.393 e. The van der Waals surface area contributed by atoms with Gasteiger partial charge in [-0.1, -0.05) is 0 Å². The van der Waals surface area contributed by atoms with Crippen molar-refractivity contribution in [2.45, 2.75) is 25.7 Å². The summed E-state index contributed by atoms with van der Waals surface area (Å²) in [4.78, 5) is 0. The van der Waals surface area contributed by atoms with E-state index in [1.54, 1.807) is 21.1 Å². The first-order valence-corrected chi connectivity index (χ1v) is 2.94. The van der Waals surface area contributed by atoms with E-state index in [2.05, 4.69) is 0 Å². The maximum absolute atomic E-state index is 8.82. The summed E-state index contributed by atoms with van der Waals surface area (Å²) < 4.78 is 9.66. The summed E-state index contributed by atoms with van der Waals surface area (Å²) in [5.41, 5.74) is 0. The van der Waals surface area contributed by atoms with Crippen LogP contribution in [0.3, 0.4) is 0 Å². The number of rotatable bonds is 4. The quantitative estimate of drug-likeness (QED) is 0.565. The first kappa shape index (κ1) is 8.88. The van der Waals surface area contributed by atoms with Crippen LogP contribution in [0.5, 0.6) is 0 Å². The summed E-state index contributed by atoms with van der Waals surface area (Å²) in [5, 5.41) is 8.82. The van der Waals surface area contributed by atoms with Gasteiger partial charge < -0.3 is 14.6 Å². The highest BCUT2D eigenvalue weighted by Crippen LogP contribution is 2.00. The molecular weight excluding hydrogens is 120 g/mol. The highest BCUT2D eigenvalue weighted by Gasteiger charge is 2.07. The molecular formula is C6H14O3. The molecule has 0 radical (unpaired) electrons. The molecule has 9 heavy (non-hydrogen) atoms. The lowest BCUT2D eigenvalue weighted by atomic mass is 10.3. The summed E-state index contributed by atoms with van der Waals surface area (Å²) in [6.07, 6.45) is -0.118. The van der Waals surface area contributed by atoms with Gasteiger partial charge in [0.1, 0.15) is 0 Å². The minimum absolute atomic E-state index is 0.273. The van der Waals surface area contributed by atoms with Gasteiger partial charge in [-0.2, -0.15) is 0 Å². The second-order valence-corrected chi connectivity index (χ2v) is 1.99. The summed E-state index contributed by atoms with van der Waals surface area (Å²) in [6, 6.07) is 0. The van der Waals surface area contributed by atoms with E-state index in [-0.39, 0.29) is 12.4 Å².